The number of rotatable bonds is 9. The van der Waals surface area contributed by atoms with E-state index >= 15 is 0 Å². The van der Waals surface area contributed by atoms with Crippen LogP contribution in [-0.4, -0.2) is 29.3 Å². The summed E-state index contributed by atoms with van der Waals surface area (Å²) in [5, 5.41) is 3.62. The van der Waals surface area contributed by atoms with Crippen LogP contribution in [0.1, 0.15) is 43.9 Å². The second kappa shape index (κ2) is 11.0. The first-order chi connectivity index (χ1) is 13.8. The van der Waals surface area contributed by atoms with Gasteiger partial charge in [0, 0.05) is 18.1 Å². The van der Waals surface area contributed by atoms with Crippen LogP contribution in [0.15, 0.2) is 48.5 Å². The van der Waals surface area contributed by atoms with Gasteiger partial charge in [0.25, 0.3) is 0 Å². The number of benzene rings is 2. The lowest BCUT2D eigenvalue weighted by Gasteiger charge is -2.31. The van der Waals surface area contributed by atoms with E-state index in [2.05, 4.69) is 25.2 Å². The van der Waals surface area contributed by atoms with Gasteiger partial charge in [0.2, 0.25) is 11.8 Å². The maximum atomic E-state index is 13.2. The van der Waals surface area contributed by atoms with Crippen LogP contribution in [0.4, 0.5) is 0 Å². The minimum absolute atomic E-state index is 0.0691. The zero-order valence-corrected chi connectivity index (χ0v) is 18.5. The van der Waals surface area contributed by atoms with Crippen LogP contribution >= 0.6 is 11.6 Å². The van der Waals surface area contributed by atoms with E-state index < -0.39 is 6.04 Å². The van der Waals surface area contributed by atoms with Gasteiger partial charge >= 0.3 is 0 Å². The van der Waals surface area contributed by atoms with Crippen molar-refractivity contribution in [1.82, 2.24) is 10.2 Å². The lowest BCUT2D eigenvalue weighted by molar-refractivity contribution is -0.141. The van der Waals surface area contributed by atoms with Crippen LogP contribution in [0.5, 0.6) is 0 Å². The molecule has 5 heteroatoms. The quantitative estimate of drug-likeness (QED) is 0.642. The number of nitrogens with zero attached hydrogens (tertiary/aromatic N) is 1. The van der Waals surface area contributed by atoms with Crippen molar-refractivity contribution in [2.75, 3.05) is 6.54 Å². The summed E-state index contributed by atoms with van der Waals surface area (Å²) < 4.78 is 0. The van der Waals surface area contributed by atoms with Crippen molar-refractivity contribution >= 4 is 23.4 Å². The van der Waals surface area contributed by atoms with Gasteiger partial charge in [0.1, 0.15) is 6.04 Å². The molecule has 2 amide bonds. The SMILES string of the molecule is CCC(C(=O)NCC(C)C)N(Cc1cccc(C)c1)C(=O)Cc1ccc(Cl)cc1. The highest BCUT2D eigenvalue weighted by Gasteiger charge is 2.28. The molecule has 0 fully saturated rings. The molecule has 1 unspecified atom stereocenters. The number of aryl methyl sites for hydroxylation is 1. The summed E-state index contributed by atoms with van der Waals surface area (Å²) in [6.07, 6.45) is 0.791. The molecule has 0 spiro atoms. The number of carbonyl (C=O) groups excluding carboxylic acids is 2. The molecule has 0 aromatic heterocycles. The number of amides is 2. The average molecular weight is 415 g/mol. The van der Waals surface area contributed by atoms with Crippen molar-refractivity contribution in [3.63, 3.8) is 0 Å². The number of hydrogen-bond donors (Lipinski definition) is 1. The fourth-order valence-corrected chi connectivity index (χ4v) is 3.35. The number of carbonyl (C=O) groups is 2. The standard InChI is InChI=1S/C24H31ClN2O2/c1-5-22(24(29)26-15-17(2)3)27(16-20-8-6-7-18(4)13-20)23(28)14-19-9-11-21(25)12-10-19/h6-13,17,22H,5,14-16H2,1-4H3,(H,26,29). The third-order valence-electron chi connectivity index (χ3n) is 4.77. The van der Waals surface area contributed by atoms with Crippen molar-refractivity contribution < 1.29 is 9.59 Å². The molecule has 4 nitrogen and oxygen atoms in total. The molecule has 0 saturated heterocycles. The van der Waals surface area contributed by atoms with Gasteiger partial charge < -0.3 is 10.2 Å². The highest BCUT2D eigenvalue weighted by Crippen LogP contribution is 2.17. The summed E-state index contributed by atoms with van der Waals surface area (Å²) in [5.41, 5.74) is 3.03. The summed E-state index contributed by atoms with van der Waals surface area (Å²) in [5.74, 6) is 0.185. The van der Waals surface area contributed by atoms with Gasteiger partial charge in [0.15, 0.2) is 0 Å². The summed E-state index contributed by atoms with van der Waals surface area (Å²) in [4.78, 5) is 27.8. The zero-order chi connectivity index (χ0) is 21.4. The van der Waals surface area contributed by atoms with Crippen LogP contribution in [-0.2, 0) is 22.6 Å². The maximum absolute atomic E-state index is 13.2. The van der Waals surface area contributed by atoms with Gasteiger partial charge in [-0.2, -0.15) is 0 Å². The second-order valence-corrected chi connectivity index (χ2v) is 8.31. The Balaban J connectivity index is 2.25. The van der Waals surface area contributed by atoms with Crippen LogP contribution in [0.3, 0.4) is 0 Å². The van der Waals surface area contributed by atoms with E-state index in [1.54, 1.807) is 17.0 Å². The van der Waals surface area contributed by atoms with Crippen molar-refractivity contribution in [3.8, 4) is 0 Å². The molecular weight excluding hydrogens is 384 g/mol. The Morgan fingerprint density at radius 1 is 1.07 bits per heavy atom. The second-order valence-electron chi connectivity index (χ2n) is 7.88. The summed E-state index contributed by atoms with van der Waals surface area (Å²) in [7, 11) is 0. The molecule has 0 saturated carbocycles. The molecule has 1 atom stereocenters. The Morgan fingerprint density at radius 2 is 1.76 bits per heavy atom. The third-order valence-corrected chi connectivity index (χ3v) is 5.03. The molecule has 0 radical (unpaired) electrons. The Bertz CT molecular complexity index is 818. The average Bonchev–Trinajstić information content (AvgIpc) is 2.68. The van der Waals surface area contributed by atoms with Crippen LogP contribution in [0, 0.1) is 12.8 Å². The molecule has 1 N–H and O–H groups in total. The largest absolute Gasteiger partial charge is 0.354 e. The molecule has 0 bridgehead atoms. The highest BCUT2D eigenvalue weighted by molar-refractivity contribution is 6.30. The Labute approximate surface area is 179 Å². The van der Waals surface area contributed by atoms with Crippen LogP contribution in [0.2, 0.25) is 5.02 Å². The molecule has 29 heavy (non-hydrogen) atoms. The zero-order valence-electron chi connectivity index (χ0n) is 17.7. The van der Waals surface area contributed by atoms with E-state index in [1.807, 2.05) is 44.2 Å². The van der Waals surface area contributed by atoms with E-state index in [1.165, 1.54) is 0 Å². The fourth-order valence-electron chi connectivity index (χ4n) is 3.23. The van der Waals surface area contributed by atoms with Crippen LogP contribution < -0.4 is 5.32 Å². The smallest absolute Gasteiger partial charge is 0.242 e. The topological polar surface area (TPSA) is 49.4 Å². The normalized spacial score (nSPS) is 11.9. The monoisotopic (exact) mass is 414 g/mol. The minimum Gasteiger partial charge on any atom is -0.354 e. The fraction of sp³-hybridized carbons (Fsp3) is 0.417. The summed E-state index contributed by atoms with van der Waals surface area (Å²) in [6, 6.07) is 14.8. The molecule has 156 valence electrons. The molecular formula is C24H31ClN2O2. The van der Waals surface area contributed by atoms with Crippen LogP contribution in [0.25, 0.3) is 0 Å². The number of halogens is 1. The van der Waals surface area contributed by atoms with E-state index in [9.17, 15) is 9.59 Å². The molecule has 2 rings (SSSR count). The van der Waals surface area contributed by atoms with Crippen molar-refractivity contribution in [1.29, 1.82) is 0 Å². The lowest BCUT2D eigenvalue weighted by Crippen LogP contribution is -2.50. The molecule has 0 heterocycles. The van der Waals surface area contributed by atoms with Crippen molar-refractivity contribution in [2.45, 2.75) is 53.1 Å². The van der Waals surface area contributed by atoms with Gasteiger partial charge in [-0.1, -0.05) is 74.3 Å². The molecule has 0 aliphatic carbocycles. The Kier molecular flexibility index (Phi) is 8.71. The first kappa shape index (κ1) is 23.0. The van der Waals surface area contributed by atoms with Gasteiger partial charge in [0.05, 0.1) is 6.42 Å². The first-order valence-corrected chi connectivity index (χ1v) is 10.5. The Hall–Kier alpha value is -2.33. The highest BCUT2D eigenvalue weighted by atomic mass is 35.5. The predicted molar refractivity (Wildman–Crippen MR) is 119 cm³/mol. The predicted octanol–water partition coefficient (Wildman–Crippen LogP) is 4.77. The van der Waals surface area contributed by atoms with E-state index in [0.29, 0.717) is 30.5 Å². The lowest BCUT2D eigenvalue weighted by atomic mass is 10.1. The Morgan fingerprint density at radius 3 is 2.34 bits per heavy atom. The summed E-state index contributed by atoms with van der Waals surface area (Å²) >= 11 is 5.96. The van der Waals surface area contributed by atoms with Gasteiger partial charge in [-0.3, -0.25) is 9.59 Å². The molecule has 0 aliphatic rings. The molecule has 2 aromatic rings. The van der Waals surface area contributed by atoms with E-state index in [-0.39, 0.29) is 18.2 Å². The minimum atomic E-state index is -0.505. The van der Waals surface area contributed by atoms with E-state index in [4.69, 9.17) is 11.6 Å². The van der Waals surface area contributed by atoms with Crippen molar-refractivity contribution in [2.24, 2.45) is 5.92 Å². The molecule has 0 aliphatic heterocycles. The van der Waals surface area contributed by atoms with Crippen molar-refractivity contribution in [3.05, 3.63) is 70.2 Å². The van der Waals surface area contributed by atoms with Gasteiger partial charge in [-0.15, -0.1) is 0 Å². The maximum Gasteiger partial charge on any atom is 0.242 e. The van der Waals surface area contributed by atoms with Gasteiger partial charge in [-0.25, -0.2) is 0 Å². The molecule has 2 aromatic carbocycles. The first-order valence-electron chi connectivity index (χ1n) is 10.2. The number of hydrogen-bond acceptors (Lipinski definition) is 2. The summed E-state index contributed by atoms with van der Waals surface area (Å²) in [6.45, 7) is 9.07. The van der Waals surface area contributed by atoms with E-state index in [0.717, 1.165) is 16.7 Å². The third kappa shape index (κ3) is 7.21. The number of nitrogens with one attached hydrogen (secondary N) is 1. The van der Waals surface area contributed by atoms with Gasteiger partial charge in [-0.05, 0) is 42.5 Å².